The number of nitrogens with zero attached hydrogens (tertiary/aromatic N) is 3. The Hall–Kier alpha value is -2.61. The van der Waals surface area contributed by atoms with Crippen LogP contribution in [0.2, 0.25) is 0 Å². The molecular formula is C22H27F2N5O. The number of alkyl halides is 2. The fraction of sp³-hybridized carbons (Fsp3) is 0.500. The van der Waals surface area contributed by atoms with Crippen molar-refractivity contribution in [2.45, 2.75) is 38.0 Å². The van der Waals surface area contributed by atoms with Crippen LogP contribution in [0.4, 0.5) is 14.6 Å². The largest absolute Gasteiger partial charge is 0.366 e. The van der Waals surface area contributed by atoms with E-state index in [0.29, 0.717) is 30.5 Å². The summed E-state index contributed by atoms with van der Waals surface area (Å²) in [5.74, 6) is -2.07. The Kier molecular flexibility index (Phi) is 5.94. The lowest BCUT2D eigenvalue weighted by Crippen LogP contribution is -2.44. The molecule has 1 saturated heterocycles. The second-order valence-corrected chi connectivity index (χ2v) is 8.24. The Balaban J connectivity index is 1.58. The van der Waals surface area contributed by atoms with Crippen LogP contribution in [0.1, 0.15) is 41.7 Å². The molecule has 8 heteroatoms. The van der Waals surface area contributed by atoms with Crippen molar-refractivity contribution in [3.8, 4) is 11.3 Å². The molecule has 30 heavy (non-hydrogen) atoms. The Morgan fingerprint density at radius 3 is 2.63 bits per heavy atom. The topological polar surface area (TPSA) is 84.1 Å². The normalized spacial score (nSPS) is 19.6. The van der Waals surface area contributed by atoms with Gasteiger partial charge in [0, 0.05) is 62.0 Å². The van der Waals surface area contributed by atoms with E-state index >= 15 is 0 Å². The van der Waals surface area contributed by atoms with E-state index in [1.165, 1.54) is 0 Å². The third kappa shape index (κ3) is 4.92. The molecule has 2 fully saturated rings. The maximum Gasteiger partial charge on any atom is 0.248 e. The van der Waals surface area contributed by atoms with Crippen LogP contribution in [0.15, 0.2) is 30.5 Å². The molecule has 0 radical (unpaired) electrons. The van der Waals surface area contributed by atoms with Gasteiger partial charge in [0.25, 0.3) is 0 Å². The number of amides is 1. The third-order valence-electron chi connectivity index (χ3n) is 5.98. The zero-order valence-corrected chi connectivity index (χ0v) is 16.9. The van der Waals surface area contributed by atoms with Crippen molar-refractivity contribution < 1.29 is 13.6 Å². The van der Waals surface area contributed by atoms with Crippen molar-refractivity contribution in [3.63, 3.8) is 0 Å². The lowest BCUT2D eigenvalue weighted by Gasteiger charge is -2.29. The highest BCUT2D eigenvalue weighted by Crippen LogP contribution is 2.37. The zero-order valence-electron chi connectivity index (χ0n) is 16.9. The first kappa shape index (κ1) is 20.7. The van der Waals surface area contributed by atoms with Crippen LogP contribution in [0.5, 0.6) is 0 Å². The lowest BCUT2D eigenvalue weighted by atomic mass is 9.84. The minimum Gasteiger partial charge on any atom is -0.366 e. The fourth-order valence-corrected chi connectivity index (χ4v) is 4.21. The standard InChI is InChI=1S/C22H27F2N5O/c23-22(24)4-1-15(2-5-22)11-18-12-16(3-6-27-18)19-13-17(21(25)30)14-20(28-19)29-9-7-26-8-10-29/h3,6,12-15,26H,1-2,4-5,7-11H2,(H2,25,30). The van der Waals surface area contributed by atoms with Crippen molar-refractivity contribution in [2.24, 2.45) is 11.7 Å². The summed E-state index contributed by atoms with van der Waals surface area (Å²) in [5.41, 5.74) is 8.35. The van der Waals surface area contributed by atoms with Crippen LogP contribution >= 0.6 is 0 Å². The zero-order chi connectivity index (χ0) is 21.1. The number of nitrogens with one attached hydrogen (secondary N) is 1. The summed E-state index contributed by atoms with van der Waals surface area (Å²) in [7, 11) is 0. The van der Waals surface area contributed by atoms with Crippen molar-refractivity contribution in [1.29, 1.82) is 0 Å². The number of carbonyl (C=O) groups is 1. The quantitative estimate of drug-likeness (QED) is 0.784. The van der Waals surface area contributed by atoms with Crippen molar-refractivity contribution in [1.82, 2.24) is 15.3 Å². The number of hydrogen-bond acceptors (Lipinski definition) is 5. The van der Waals surface area contributed by atoms with Crippen LogP contribution in [0.25, 0.3) is 11.3 Å². The summed E-state index contributed by atoms with van der Waals surface area (Å²) in [6.45, 7) is 3.33. The van der Waals surface area contributed by atoms with Crippen LogP contribution in [0, 0.1) is 5.92 Å². The van der Waals surface area contributed by atoms with E-state index < -0.39 is 11.8 Å². The molecule has 3 N–H and O–H groups in total. The molecule has 1 aliphatic carbocycles. The van der Waals surface area contributed by atoms with E-state index in [2.05, 4.69) is 15.2 Å². The highest BCUT2D eigenvalue weighted by molar-refractivity contribution is 5.94. The first-order chi connectivity index (χ1) is 14.4. The first-order valence-corrected chi connectivity index (χ1v) is 10.5. The monoisotopic (exact) mass is 415 g/mol. The van der Waals surface area contributed by atoms with Crippen molar-refractivity contribution in [3.05, 3.63) is 41.7 Å². The Morgan fingerprint density at radius 1 is 1.20 bits per heavy atom. The van der Waals surface area contributed by atoms with E-state index in [0.717, 1.165) is 43.3 Å². The van der Waals surface area contributed by atoms with Gasteiger partial charge in [-0.25, -0.2) is 13.8 Å². The second-order valence-electron chi connectivity index (χ2n) is 8.24. The molecule has 3 heterocycles. The van der Waals surface area contributed by atoms with Gasteiger partial charge in [-0.15, -0.1) is 0 Å². The summed E-state index contributed by atoms with van der Waals surface area (Å²) in [6, 6.07) is 7.24. The number of halogens is 2. The van der Waals surface area contributed by atoms with Crippen molar-refractivity contribution in [2.75, 3.05) is 31.1 Å². The molecule has 4 rings (SSSR count). The van der Waals surface area contributed by atoms with E-state index in [1.54, 1.807) is 18.3 Å². The summed E-state index contributed by atoms with van der Waals surface area (Å²) < 4.78 is 26.9. The highest BCUT2D eigenvalue weighted by atomic mass is 19.3. The van der Waals surface area contributed by atoms with Gasteiger partial charge in [0.05, 0.1) is 5.69 Å². The molecule has 0 bridgehead atoms. The Morgan fingerprint density at radius 2 is 1.93 bits per heavy atom. The summed E-state index contributed by atoms with van der Waals surface area (Å²) in [5, 5.41) is 3.30. The van der Waals surface area contributed by atoms with Crippen LogP contribution in [-0.4, -0.2) is 48.0 Å². The highest BCUT2D eigenvalue weighted by Gasteiger charge is 2.34. The lowest BCUT2D eigenvalue weighted by molar-refractivity contribution is -0.0457. The number of anilines is 1. The van der Waals surface area contributed by atoms with Gasteiger partial charge in [-0.2, -0.15) is 0 Å². The fourth-order valence-electron chi connectivity index (χ4n) is 4.21. The second kappa shape index (κ2) is 8.63. The minimum absolute atomic E-state index is 0.0480. The number of pyridine rings is 2. The van der Waals surface area contributed by atoms with Gasteiger partial charge in [-0.05, 0) is 49.4 Å². The molecule has 0 spiro atoms. The molecule has 6 nitrogen and oxygen atoms in total. The maximum absolute atomic E-state index is 13.4. The molecule has 0 unspecified atom stereocenters. The number of primary amides is 1. The van der Waals surface area contributed by atoms with Crippen LogP contribution in [-0.2, 0) is 6.42 Å². The summed E-state index contributed by atoms with van der Waals surface area (Å²) in [6.07, 6.45) is 3.32. The number of nitrogens with two attached hydrogens (primary N) is 1. The van der Waals surface area contributed by atoms with Gasteiger partial charge in [0.1, 0.15) is 5.82 Å². The summed E-state index contributed by atoms with van der Waals surface area (Å²) in [4.78, 5) is 23.2. The molecule has 2 aromatic rings. The molecule has 0 aromatic carbocycles. The van der Waals surface area contributed by atoms with Crippen molar-refractivity contribution >= 4 is 11.7 Å². The maximum atomic E-state index is 13.4. The number of carbonyl (C=O) groups excluding carboxylic acids is 1. The average Bonchev–Trinajstić information content (AvgIpc) is 2.76. The number of piperazine rings is 1. The van der Waals surface area contributed by atoms with Gasteiger partial charge in [-0.1, -0.05) is 0 Å². The van der Waals surface area contributed by atoms with E-state index in [4.69, 9.17) is 10.7 Å². The minimum atomic E-state index is -2.52. The molecule has 1 aliphatic heterocycles. The molecule has 2 aliphatic rings. The predicted molar refractivity (Wildman–Crippen MR) is 112 cm³/mol. The molecule has 1 amide bonds. The molecule has 160 valence electrons. The number of hydrogen-bond donors (Lipinski definition) is 2. The van der Waals surface area contributed by atoms with Gasteiger partial charge >= 0.3 is 0 Å². The molecule has 2 aromatic heterocycles. The van der Waals surface area contributed by atoms with Gasteiger partial charge in [-0.3, -0.25) is 9.78 Å². The Labute approximate surface area is 174 Å². The molecular weight excluding hydrogens is 388 g/mol. The first-order valence-electron chi connectivity index (χ1n) is 10.5. The predicted octanol–water partition coefficient (Wildman–Crippen LogP) is 3.02. The molecule has 1 saturated carbocycles. The van der Waals surface area contributed by atoms with E-state index in [1.807, 2.05) is 12.1 Å². The van der Waals surface area contributed by atoms with Gasteiger partial charge in [0.2, 0.25) is 11.8 Å². The Bertz CT molecular complexity index is 904. The van der Waals surface area contributed by atoms with Gasteiger partial charge in [0.15, 0.2) is 0 Å². The number of aromatic nitrogens is 2. The van der Waals surface area contributed by atoms with E-state index in [-0.39, 0.29) is 18.8 Å². The summed E-state index contributed by atoms with van der Waals surface area (Å²) >= 11 is 0. The third-order valence-corrected chi connectivity index (χ3v) is 5.98. The van der Waals surface area contributed by atoms with Crippen LogP contribution in [0.3, 0.4) is 0 Å². The van der Waals surface area contributed by atoms with Crippen LogP contribution < -0.4 is 16.0 Å². The number of rotatable bonds is 5. The van der Waals surface area contributed by atoms with Gasteiger partial charge < -0.3 is 16.0 Å². The SMILES string of the molecule is NC(=O)c1cc(-c2ccnc(CC3CCC(F)(F)CC3)c2)nc(N2CCNCC2)c1. The smallest absolute Gasteiger partial charge is 0.248 e. The molecule has 0 atom stereocenters. The van der Waals surface area contributed by atoms with E-state index in [9.17, 15) is 13.6 Å². The average molecular weight is 415 g/mol.